The molecule has 182 valence electrons. The quantitative estimate of drug-likeness (QED) is 0.507. The smallest absolute Gasteiger partial charge is 0.387 e. The van der Waals surface area contributed by atoms with E-state index < -0.39 is 22.5 Å². The third-order valence-corrected chi connectivity index (χ3v) is 6.59. The number of nitrogens with zero attached hydrogens (tertiary/aromatic N) is 1. The Labute approximate surface area is 192 Å². The summed E-state index contributed by atoms with van der Waals surface area (Å²) in [4.78, 5) is 12.9. The molecular weight excluding hydrogens is 458 g/mol. The lowest BCUT2D eigenvalue weighted by Gasteiger charge is -2.21. The first-order valence-electron chi connectivity index (χ1n) is 10.3. The molecule has 8 nitrogen and oxygen atoms in total. The van der Waals surface area contributed by atoms with Gasteiger partial charge in [-0.05, 0) is 50.2 Å². The predicted octanol–water partition coefficient (Wildman–Crippen LogP) is 4.37. The van der Waals surface area contributed by atoms with Crippen LogP contribution in [0.1, 0.15) is 38.1 Å². The van der Waals surface area contributed by atoms with E-state index >= 15 is 0 Å². The Morgan fingerprint density at radius 2 is 1.64 bits per heavy atom. The third-order valence-electron chi connectivity index (χ3n) is 4.55. The molecule has 0 atom stereocenters. The van der Waals surface area contributed by atoms with Gasteiger partial charge < -0.3 is 19.5 Å². The van der Waals surface area contributed by atoms with Crippen LogP contribution in [0.25, 0.3) is 0 Å². The van der Waals surface area contributed by atoms with Crippen molar-refractivity contribution in [3.8, 4) is 17.2 Å². The summed E-state index contributed by atoms with van der Waals surface area (Å²) in [6.45, 7) is 4.57. The van der Waals surface area contributed by atoms with Crippen LogP contribution in [0.2, 0.25) is 0 Å². The number of anilines is 1. The van der Waals surface area contributed by atoms with Crippen molar-refractivity contribution in [2.75, 3.05) is 25.5 Å². The van der Waals surface area contributed by atoms with E-state index in [4.69, 9.17) is 9.47 Å². The SMILES string of the molecule is CCN(CC)S(=O)(=O)c1ccc(OC(C)C)c(NC(=O)c2ccc(OC(F)F)c(OC)c2)c1. The molecule has 0 heterocycles. The number of rotatable bonds is 11. The molecule has 11 heteroatoms. The van der Waals surface area contributed by atoms with Gasteiger partial charge >= 0.3 is 6.61 Å². The standard InChI is InChI=1S/C22H28F2N2O6S/c1-6-26(7-2)33(28,29)16-9-11-18(31-14(3)4)17(13-16)25-21(27)15-8-10-19(32-22(23)24)20(12-15)30-5/h8-14,22H,6-7H2,1-5H3,(H,25,27). The zero-order chi connectivity index (χ0) is 24.8. The van der Waals surface area contributed by atoms with Crippen molar-refractivity contribution in [3.63, 3.8) is 0 Å². The number of ether oxygens (including phenoxy) is 3. The fourth-order valence-electron chi connectivity index (χ4n) is 3.03. The number of benzene rings is 2. The minimum atomic E-state index is -3.78. The Hall–Kier alpha value is -2.92. The number of halogens is 2. The molecule has 0 fully saturated rings. The number of nitrogens with one attached hydrogen (secondary N) is 1. The van der Waals surface area contributed by atoms with E-state index in [9.17, 15) is 22.0 Å². The molecule has 1 amide bonds. The van der Waals surface area contributed by atoms with Crippen LogP contribution in [0.4, 0.5) is 14.5 Å². The Morgan fingerprint density at radius 1 is 1.00 bits per heavy atom. The molecule has 2 aromatic rings. The second-order valence-electron chi connectivity index (χ2n) is 7.11. The number of methoxy groups -OCH3 is 1. The highest BCUT2D eigenvalue weighted by Gasteiger charge is 2.24. The van der Waals surface area contributed by atoms with Gasteiger partial charge in [0.2, 0.25) is 10.0 Å². The van der Waals surface area contributed by atoms with Gasteiger partial charge in [0, 0.05) is 18.7 Å². The average molecular weight is 487 g/mol. The van der Waals surface area contributed by atoms with E-state index in [-0.39, 0.29) is 52.6 Å². The maximum absolute atomic E-state index is 12.9. The molecule has 0 saturated carbocycles. The molecule has 0 aliphatic heterocycles. The van der Waals surface area contributed by atoms with Gasteiger partial charge in [-0.15, -0.1) is 0 Å². The Bertz CT molecular complexity index is 1070. The summed E-state index contributed by atoms with van der Waals surface area (Å²) in [5.41, 5.74) is 0.231. The van der Waals surface area contributed by atoms with Crippen LogP contribution in [0.3, 0.4) is 0 Å². The normalized spacial score (nSPS) is 11.7. The van der Waals surface area contributed by atoms with E-state index in [0.29, 0.717) is 0 Å². The van der Waals surface area contributed by atoms with Crippen LogP contribution < -0.4 is 19.5 Å². The number of amides is 1. The van der Waals surface area contributed by atoms with Gasteiger partial charge in [-0.3, -0.25) is 4.79 Å². The molecule has 0 radical (unpaired) electrons. The predicted molar refractivity (Wildman–Crippen MR) is 120 cm³/mol. The monoisotopic (exact) mass is 486 g/mol. The van der Waals surface area contributed by atoms with Gasteiger partial charge in [0.25, 0.3) is 5.91 Å². The number of hydrogen-bond donors (Lipinski definition) is 1. The van der Waals surface area contributed by atoms with Crippen molar-refractivity contribution >= 4 is 21.6 Å². The summed E-state index contributed by atoms with van der Waals surface area (Å²) in [5, 5.41) is 2.64. The molecule has 0 aliphatic rings. The first kappa shape index (κ1) is 26.3. The summed E-state index contributed by atoms with van der Waals surface area (Å²) < 4.78 is 67.4. The van der Waals surface area contributed by atoms with Crippen LogP contribution in [-0.2, 0) is 10.0 Å². The lowest BCUT2D eigenvalue weighted by Crippen LogP contribution is -2.30. The minimum Gasteiger partial charge on any atom is -0.493 e. The fraction of sp³-hybridized carbons (Fsp3) is 0.409. The molecule has 0 saturated heterocycles. The molecule has 0 bridgehead atoms. The first-order chi connectivity index (χ1) is 15.5. The summed E-state index contributed by atoms with van der Waals surface area (Å²) in [7, 11) is -2.52. The second kappa shape index (κ2) is 11.3. The van der Waals surface area contributed by atoms with E-state index in [1.165, 1.54) is 47.8 Å². The van der Waals surface area contributed by atoms with E-state index in [2.05, 4.69) is 10.1 Å². The largest absolute Gasteiger partial charge is 0.493 e. The molecule has 0 unspecified atom stereocenters. The Kier molecular flexibility index (Phi) is 9.00. The van der Waals surface area contributed by atoms with Gasteiger partial charge in [0.15, 0.2) is 11.5 Å². The Morgan fingerprint density at radius 3 is 2.18 bits per heavy atom. The van der Waals surface area contributed by atoms with Crippen LogP contribution in [0.5, 0.6) is 17.2 Å². The lowest BCUT2D eigenvalue weighted by atomic mass is 10.1. The molecule has 1 N–H and O–H groups in total. The second-order valence-corrected chi connectivity index (χ2v) is 9.05. The van der Waals surface area contributed by atoms with Gasteiger partial charge in [-0.1, -0.05) is 13.8 Å². The number of hydrogen-bond acceptors (Lipinski definition) is 6. The van der Waals surface area contributed by atoms with Crippen LogP contribution >= 0.6 is 0 Å². The van der Waals surface area contributed by atoms with Gasteiger partial charge in [-0.2, -0.15) is 13.1 Å². The maximum atomic E-state index is 12.9. The molecular formula is C22H28F2N2O6S. The van der Waals surface area contributed by atoms with Crippen molar-refractivity contribution in [2.45, 2.75) is 45.3 Å². The van der Waals surface area contributed by atoms with Crippen molar-refractivity contribution in [1.29, 1.82) is 0 Å². The Balaban J connectivity index is 2.44. The lowest BCUT2D eigenvalue weighted by molar-refractivity contribution is -0.0512. The van der Waals surface area contributed by atoms with Crippen molar-refractivity contribution in [1.82, 2.24) is 4.31 Å². The maximum Gasteiger partial charge on any atom is 0.387 e. The number of alkyl halides is 2. The molecule has 2 rings (SSSR count). The van der Waals surface area contributed by atoms with Gasteiger partial charge in [0.1, 0.15) is 5.75 Å². The minimum absolute atomic E-state index is 0.00383. The molecule has 0 aromatic heterocycles. The van der Waals surface area contributed by atoms with Crippen LogP contribution in [-0.4, -0.2) is 51.5 Å². The van der Waals surface area contributed by atoms with Crippen molar-refractivity contribution in [2.24, 2.45) is 0 Å². The highest BCUT2D eigenvalue weighted by atomic mass is 32.2. The zero-order valence-electron chi connectivity index (χ0n) is 19.1. The highest BCUT2D eigenvalue weighted by molar-refractivity contribution is 7.89. The van der Waals surface area contributed by atoms with Gasteiger partial charge in [0.05, 0.1) is 23.8 Å². The number of carbonyl (C=O) groups is 1. The molecule has 0 aliphatic carbocycles. The van der Waals surface area contributed by atoms with Crippen molar-refractivity contribution in [3.05, 3.63) is 42.0 Å². The zero-order valence-corrected chi connectivity index (χ0v) is 19.9. The summed E-state index contributed by atoms with van der Waals surface area (Å²) in [5.74, 6) is -0.621. The van der Waals surface area contributed by atoms with E-state index in [1.807, 2.05) is 0 Å². The molecule has 2 aromatic carbocycles. The molecule has 33 heavy (non-hydrogen) atoms. The van der Waals surface area contributed by atoms with Gasteiger partial charge in [-0.25, -0.2) is 8.42 Å². The highest BCUT2D eigenvalue weighted by Crippen LogP contribution is 2.32. The van der Waals surface area contributed by atoms with Crippen LogP contribution in [0, 0.1) is 0 Å². The summed E-state index contributed by atoms with van der Waals surface area (Å²) >= 11 is 0. The average Bonchev–Trinajstić information content (AvgIpc) is 2.75. The van der Waals surface area contributed by atoms with Crippen molar-refractivity contribution < 1.29 is 36.2 Å². The van der Waals surface area contributed by atoms with E-state index in [1.54, 1.807) is 27.7 Å². The van der Waals surface area contributed by atoms with E-state index in [0.717, 1.165) is 0 Å². The van der Waals surface area contributed by atoms with Crippen LogP contribution in [0.15, 0.2) is 41.3 Å². The number of sulfonamides is 1. The molecule has 0 spiro atoms. The summed E-state index contributed by atoms with van der Waals surface area (Å²) in [6, 6.07) is 7.94. The first-order valence-corrected chi connectivity index (χ1v) is 11.7. The topological polar surface area (TPSA) is 94.2 Å². The third kappa shape index (κ3) is 6.55. The summed E-state index contributed by atoms with van der Waals surface area (Å²) in [6.07, 6.45) is -0.239. The number of carbonyl (C=O) groups excluding carboxylic acids is 1. The fourth-order valence-corrected chi connectivity index (χ4v) is 4.52.